The first-order chi connectivity index (χ1) is 20.2. The van der Waals surface area contributed by atoms with Crippen molar-refractivity contribution in [3.8, 4) is 0 Å². The van der Waals surface area contributed by atoms with Crippen LogP contribution in [-0.2, 0) is 22.1 Å². The number of nitrogens with zero attached hydrogens (tertiary/aromatic N) is 3. The number of alkyl halides is 3. The van der Waals surface area contributed by atoms with Crippen LogP contribution in [0.3, 0.4) is 0 Å². The number of nitrogens with two attached hydrogens (primary N) is 1. The van der Waals surface area contributed by atoms with Crippen LogP contribution in [0.4, 0.5) is 34.0 Å². The molecule has 230 valence electrons. The monoisotopic (exact) mass is 601 g/mol. The Morgan fingerprint density at radius 2 is 1.77 bits per heavy atom. The van der Waals surface area contributed by atoms with Gasteiger partial charge >= 0.3 is 12.3 Å². The van der Waals surface area contributed by atoms with E-state index >= 15 is 4.39 Å². The second-order valence-electron chi connectivity index (χ2n) is 11.7. The van der Waals surface area contributed by atoms with Gasteiger partial charge < -0.3 is 20.7 Å². The number of carbonyl (C=O) groups is 2. The van der Waals surface area contributed by atoms with Gasteiger partial charge in [-0.15, -0.1) is 0 Å². The predicted octanol–water partition coefficient (Wildman–Crippen LogP) is 6.69. The van der Waals surface area contributed by atoms with E-state index in [2.05, 4.69) is 15.3 Å². The lowest BCUT2D eigenvalue weighted by Gasteiger charge is -2.33. The van der Waals surface area contributed by atoms with Gasteiger partial charge in [-0.25, -0.2) is 19.2 Å². The highest BCUT2D eigenvalue weighted by molar-refractivity contribution is 5.75. The van der Waals surface area contributed by atoms with E-state index in [-0.39, 0.29) is 36.5 Å². The Morgan fingerprint density at radius 1 is 1.09 bits per heavy atom. The molecule has 0 spiro atoms. The van der Waals surface area contributed by atoms with E-state index in [1.54, 1.807) is 62.1 Å². The maximum absolute atomic E-state index is 15.2. The number of nitrogens with one attached hydrogen (secondary N) is 1. The summed E-state index contributed by atoms with van der Waals surface area (Å²) in [5.74, 6) is -2.62. The highest BCUT2D eigenvalue weighted by Gasteiger charge is 2.38. The van der Waals surface area contributed by atoms with Gasteiger partial charge in [0.1, 0.15) is 11.4 Å². The smallest absolute Gasteiger partial charge is 0.419 e. The van der Waals surface area contributed by atoms with Gasteiger partial charge in [0, 0.05) is 31.6 Å². The molecule has 1 aliphatic rings. The molecule has 2 amide bonds. The Balaban J connectivity index is 1.53. The van der Waals surface area contributed by atoms with Crippen molar-refractivity contribution < 1.29 is 31.9 Å². The van der Waals surface area contributed by atoms with Gasteiger partial charge in [0.15, 0.2) is 0 Å². The highest BCUT2D eigenvalue weighted by Crippen LogP contribution is 2.37. The standard InChI is InChI=1S/C31H35F4N5O3/c1-30(2,3)43-29(42)40-13-11-20(12-14-40)21-9-10-25(24(32)16-21)38-28-37-18-23(31(33,34)35)27(39-28)22(17-26(36)41)15-19-7-5-4-6-8-19/h4-10,16,18,20,22H,11-15,17H2,1-3H3,(H2,36,41)(H,37,38,39). The molecule has 1 fully saturated rings. The lowest BCUT2D eigenvalue weighted by Crippen LogP contribution is -2.41. The predicted molar refractivity (Wildman–Crippen MR) is 153 cm³/mol. The lowest BCUT2D eigenvalue weighted by molar-refractivity contribution is -0.139. The molecule has 2 heterocycles. The summed E-state index contributed by atoms with van der Waals surface area (Å²) in [4.78, 5) is 33.7. The Bertz CT molecular complexity index is 1440. The largest absolute Gasteiger partial charge is 0.444 e. The number of halogens is 4. The van der Waals surface area contributed by atoms with Gasteiger partial charge in [-0.05, 0) is 69.2 Å². The Hall–Kier alpha value is -4.22. The van der Waals surface area contributed by atoms with E-state index in [1.165, 1.54) is 12.1 Å². The van der Waals surface area contributed by atoms with Gasteiger partial charge in [0.2, 0.25) is 11.9 Å². The quantitative estimate of drug-likeness (QED) is 0.278. The number of hydrogen-bond acceptors (Lipinski definition) is 6. The number of carbonyl (C=O) groups excluding carboxylic acids is 2. The molecule has 1 saturated heterocycles. The van der Waals surface area contributed by atoms with E-state index in [4.69, 9.17) is 10.5 Å². The zero-order valence-electron chi connectivity index (χ0n) is 24.2. The van der Waals surface area contributed by atoms with Gasteiger partial charge in [-0.1, -0.05) is 36.4 Å². The maximum atomic E-state index is 15.2. The second kappa shape index (κ2) is 13.0. The van der Waals surface area contributed by atoms with Gasteiger partial charge in [0.05, 0.1) is 16.9 Å². The molecular formula is C31H35F4N5O3. The number of rotatable bonds is 8. The van der Waals surface area contributed by atoms with Crippen molar-refractivity contribution in [3.63, 3.8) is 0 Å². The summed E-state index contributed by atoms with van der Waals surface area (Å²) in [6.45, 7) is 6.35. The summed E-state index contributed by atoms with van der Waals surface area (Å²) in [7, 11) is 0. The second-order valence-corrected chi connectivity index (χ2v) is 11.7. The molecule has 3 aromatic rings. The van der Waals surface area contributed by atoms with Crippen molar-refractivity contribution in [1.82, 2.24) is 14.9 Å². The molecule has 0 saturated carbocycles. The van der Waals surface area contributed by atoms with E-state index in [1.807, 2.05) is 0 Å². The third-order valence-electron chi connectivity index (χ3n) is 7.14. The molecule has 1 aliphatic heterocycles. The number of piperidine rings is 1. The average Bonchev–Trinajstić information content (AvgIpc) is 2.92. The van der Waals surface area contributed by atoms with Crippen LogP contribution in [0.5, 0.6) is 0 Å². The van der Waals surface area contributed by atoms with E-state index in [0.29, 0.717) is 37.7 Å². The number of ether oxygens (including phenoxy) is 1. The molecule has 12 heteroatoms. The van der Waals surface area contributed by atoms with Crippen LogP contribution >= 0.6 is 0 Å². The normalized spacial score (nSPS) is 15.2. The minimum absolute atomic E-state index is 0.0173. The van der Waals surface area contributed by atoms with E-state index < -0.39 is 40.7 Å². The highest BCUT2D eigenvalue weighted by atomic mass is 19.4. The lowest BCUT2D eigenvalue weighted by atomic mass is 9.89. The Morgan fingerprint density at radius 3 is 2.35 bits per heavy atom. The molecule has 8 nitrogen and oxygen atoms in total. The Labute approximate surface area is 247 Å². The number of amides is 2. The summed E-state index contributed by atoms with van der Waals surface area (Å²) in [6.07, 6.45) is -3.57. The maximum Gasteiger partial charge on any atom is 0.419 e. The van der Waals surface area contributed by atoms with Crippen LogP contribution in [0.25, 0.3) is 0 Å². The van der Waals surface area contributed by atoms with Crippen LogP contribution in [0.2, 0.25) is 0 Å². The third-order valence-corrected chi connectivity index (χ3v) is 7.14. The molecule has 1 aromatic heterocycles. The van der Waals surface area contributed by atoms with Crippen molar-refractivity contribution in [2.24, 2.45) is 5.73 Å². The summed E-state index contributed by atoms with van der Waals surface area (Å²) in [5, 5.41) is 2.69. The number of benzene rings is 2. The number of hydrogen-bond donors (Lipinski definition) is 2. The minimum Gasteiger partial charge on any atom is -0.444 e. The first-order valence-electron chi connectivity index (χ1n) is 14.0. The first-order valence-corrected chi connectivity index (χ1v) is 14.0. The van der Waals surface area contributed by atoms with E-state index in [9.17, 15) is 22.8 Å². The fourth-order valence-corrected chi connectivity index (χ4v) is 5.12. The molecule has 4 rings (SSSR count). The van der Waals surface area contributed by atoms with Crippen LogP contribution in [0.15, 0.2) is 54.7 Å². The molecule has 2 aromatic carbocycles. The summed E-state index contributed by atoms with van der Waals surface area (Å²) in [5.41, 5.74) is 4.73. The zero-order valence-corrected chi connectivity index (χ0v) is 24.2. The Kier molecular flexibility index (Phi) is 9.56. The third kappa shape index (κ3) is 8.65. The van der Waals surface area contributed by atoms with Crippen molar-refractivity contribution in [1.29, 1.82) is 0 Å². The molecule has 3 N–H and O–H groups in total. The minimum atomic E-state index is -4.79. The van der Waals surface area contributed by atoms with Gasteiger partial charge in [-0.2, -0.15) is 13.2 Å². The van der Waals surface area contributed by atoms with Crippen LogP contribution in [0.1, 0.15) is 74.3 Å². The number of aromatic nitrogens is 2. The summed E-state index contributed by atoms with van der Waals surface area (Å²) >= 11 is 0. The van der Waals surface area contributed by atoms with Crippen LogP contribution < -0.4 is 11.1 Å². The first kappa shape index (κ1) is 31.7. The summed E-state index contributed by atoms with van der Waals surface area (Å²) < 4.78 is 62.5. The SMILES string of the molecule is CC(C)(C)OC(=O)N1CCC(c2ccc(Nc3ncc(C(F)(F)F)c(C(CC(N)=O)Cc4ccccc4)n3)c(F)c2)CC1. The number of likely N-dealkylation sites (tertiary alicyclic amines) is 1. The fraction of sp³-hybridized carbons (Fsp3) is 0.419. The van der Waals surface area contributed by atoms with Crippen molar-refractivity contribution in [3.05, 3.63) is 82.9 Å². The van der Waals surface area contributed by atoms with E-state index in [0.717, 1.165) is 5.56 Å². The van der Waals surface area contributed by atoms with Crippen LogP contribution in [0, 0.1) is 5.82 Å². The van der Waals surface area contributed by atoms with Crippen molar-refractivity contribution >= 4 is 23.6 Å². The molecular weight excluding hydrogens is 566 g/mol. The zero-order chi connectivity index (χ0) is 31.4. The van der Waals surface area contributed by atoms with Crippen LogP contribution in [-0.4, -0.2) is 45.6 Å². The number of anilines is 2. The molecule has 0 radical (unpaired) electrons. The molecule has 1 unspecified atom stereocenters. The number of primary amides is 1. The molecule has 0 bridgehead atoms. The van der Waals surface area contributed by atoms with Gasteiger partial charge in [-0.3, -0.25) is 4.79 Å². The van der Waals surface area contributed by atoms with Crippen molar-refractivity contribution in [2.75, 3.05) is 18.4 Å². The summed E-state index contributed by atoms with van der Waals surface area (Å²) in [6, 6.07) is 13.3. The molecule has 43 heavy (non-hydrogen) atoms. The molecule has 1 atom stereocenters. The molecule has 0 aliphatic carbocycles. The topological polar surface area (TPSA) is 110 Å². The van der Waals surface area contributed by atoms with Gasteiger partial charge in [0.25, 0.3) is 0 Å². The van der Waals surface area contributed by atoms with Crippen molar-refractivity contribution in [2.45, 2.75) is 70.1 Å². The average molecular weight is 602 g/mol. The fourth-order valence-electron chi connectivity index (χ4n) is 5.12.